The van der Waals surface area contributed by atoms with Gasteiger partial charge in [0, 0.05) is 31.2 Å². The maximum atomic E-state index is 11.9. The van der Waals surface area contributed by atoms with Crippen molar-refractivity contribution in [3.8, 4) is 0 Å². The molecule has 6 nitrogen and oxygen atoms in total. The number of rotatable bonds is 5. The zero-order valence-corrected chi connectivity index (χ0v) is 13.2. The van der Waals surface area contributed by atoms with Gasteiger partial charge in [-0.1, -0.05) is 6.92 Å². The number of fused-ring (bicyclic) bond motifs is 1. The maximum absolute atomic E-state index is 11.9. The molecule has 3 rings (SSSR count). The smallest absolute Gasteiger partial charge is 0.242 e. The normalized spacial score (nSPS) is 19.2. The molecule has 1 aliphatic heterocycles. The lowest BCUT2D eigenvalue weighted by Gasteiger charge is -2.33. The highest BCUT2D eigenvalue weighted by Crippen LogP contribution is 2.26. The second kappa shape index (κ2) is 6.03. The molecule has 1 saturated heterocycles. The van der Waals surface area contributed by atoms with Gasteiger partial charge in [0.1, 0.15) is 6.04 Å². The van der Waals surface area contributed by atoms with Gasteiger partial charge in [-0.3, -0.25) is 9.20 Å². The van der Waals surface area contributed by atoms with Crippen molar-refractivity contribution in [1.29, 1.82) is 0 Å². The van der Waals surface area contributed by atoms with Gasteiger partial charge in [-0.25, -0.2) is 4.98 Å². The molecule has 2 aromatic heterocycles. The number of nitrogens with zero attached hydrogens (tertiary/aromatic N) is 3. The Balaban J connectivity index is 1.94. The average molecular weight is 307 g/mol. The van der Waals surface area contributed by atoms with Gasteiger partial charge >= 0.3 is 0 Å². The zero-order chi connectivity index (χ0) is 14.8. The van der Waals surface area contributed by atoms with Crippen molar-refractivity contribution < 1.29 is 4.79 Å². The van der Waals surface area contributed by atoms with Crippen LogP contribution in [0, 0.1) is 0 Å². The number of hydrogen-bond donors (Lipinski definition) is 2. The molecule has 7 heteroatoms. The highest BCUT2D eigenvalue weighted by atomic mass is 32.1. The van der Waals surface area contributed by atoms with Crippen LogP contribution in [0.15, 0.2) is 11.6 Å². The molecule has 1 aliphatic rings. The summed E-state index contributed by atoms with van der Waals surface area (Å²) in [5.74, 6) is 1.01. The minimum Gasteiger partial charge on any atom is -0.353 e. The third-order valence-electron chi connectivity index (χ3n) is 3.83. The van der Waals surface area contributed by atoms with Gasteiger partial charge in [-0.15, -0.1) is 11.3 Å². The molecular weight excluding hydrogens is 286 g/mol. The Hall–Kier alpha value is -1.60. The van der Waals surface area contributed by atoms with Crippen LogP contribution in [0.4, 0.5) is 5.82 Å². The van der Waals surface area contributed by atoms with Crippen molar-refractivity contribution >= 4 is 28.0 Å². The molecule has 0 saturated carbocycles. The van der Waals surface area contributed by atoms with E-state index in [1.807, 2.05) is 18.5 Å². The van der Waals surface area contributed by atoms with Crippen LogP contribution in [-0.4, -0.2) is 41.0 Å². The first-order valence-corrected chi connectivity index (χ1v) is 8.29. The van der Waals surface area contributed by atoms with E-state index in [9.17, 15) is 4.79 Å². The summed E-state index contributed by atoms with van der Waals surface area (Å²) in [6, 6.07) is -0.173. The molecule has 21 heavy (non-hydrogen) atoms. The number of nitrogens with one attached hydrogen (secondary N) is 2. The summed E-state index contributed by atoms with van der Waals surface area (Å²) in [6.07, 6.45) is 3.15. The Labute approximate surface area is 128 Å². The van der Waals surface area contributed by atoms with Crippen LogP contribution in [0.2, 0.25) is 0 Å². The summed E-state index contributed by atoms with van der Waals surface area (Å²) in [5.41, 5.74) is 1.14. The predicted molar refractivity (Wildman–Crippen MR) is 84.9 cm³/mol. The van der Waals surface area contributed by atoms with Gasteiger partial charge in [0.15, 0.2) is 10.8 Å². The van der Waals surface area contributed by atoms with Crippen molar-refractivity contribution in [2.75, 3.05) is 24.5 Å². The van der Waals surface area contributed by atoms with Crippen LogP contribution in [0.1, 0.15) is 26.0 Å². The molecular formula is C14H21N5OS. The van der Waals surface area contributed by atoms with Crippen LogP contribution in [0.25, 0.3) is 4.96 Å². The fourth-order valence-corrected chi connectivity index (χ4v) is 3.40. The van der Waals surface area contributed by atoms with Crippen molar-refractivity contribution in [3.63, 3.8) is 0 Å². The number of carbonyl (C=O) groups is 1. The molecule has 3 heterocycles. The number of amides is 1. The van der Waals surface area contributed by atoms with E-state index in [1.54, 1.807) is 11.3 Å². The van der Waals surface area contributed by atoms with Crippen LogP contribution < -0.4 is 15.5 Å². The van der Waals surface area contributed by atoms with E-state index in [2.05, 4.69) is 26.9 Å². The molecule has 1 fully saturated rings. The van der Waals surface area contributed by atoms with E-state index < -0.39 is 0 Å². The highest BCUT2D eigenvalue weighted by molar-refractivity contribution is 7.15. The third kappa shape index (κ3) is 2.63. The number of anilines is 1. The standard InChI is InChI=1S/C14H21N5OS/c1-3-4-15-9-11-12(17-14-19(11)7-8-21-14)18-6-5-16-13(20)10(18)2/h7-8,10,15H,3-6,9H2,1-2H3,(H,16,20). The SMILES string of the molecule is CCCNCc1c(N2CCNC(=O)C2C)nc2sccn12. The van der Waals surface area contributed by atoms with Crippen LogP contribution >= 0.6 is 11.3 Å². The monoisotopic (exact) mass is 307 g/mol. The van der Waals surface area contributed by atoms with E-state index >= 15 is 0 Å². The van der Waals surface area contributed by atoms with Crippen LogP contribution in [0.5, 0.6) is 0 Å². The first-order valence-electron chi connectivity index (χ1n) is 7.42. The van der Waals surface area contributed by atoms with Gasteiger partial charge in [-0.2, -0.15) is 0 Å². The molecule has 0 aliphatic carbocycles. The molecule has 2 aromatic rings. The van der Waals surface area contributed by atoms with Gasteiger partial charge < -0.3 is 15.5 Å². The number of imidazole rings is 1. The lowest BCUT2D eigenvalue weighted by atomic mass is 10.2. The second-order valence-electron chi connectivity index (χ2n) is 5.27. The molecule has 114 valence electrons. The summed E-state index contributed by atoms with van der Waals surface area (Å²) >= 11 is 1.62. The van der Waals surface area contributed by atoms with Crippen molar-refractivity contribution in [2.45, 2.75) is 32.9 Å². The largest absolute Gasteiger partial charge is 0.353 e. The first kappa shape index (κ1) is 14.3. The second-order valence-corrected chi connectivity index (χ2v) is 6.15. The molecule has 0 aromatic carbocycles. The number of carbonyl (C=O) groups excluding carboxylic acids is 1. The molecule has 0 radical (unpaired) electrons. The van der Waals surface area contributed by atoms with Crippen molar-refractivity contribution in [2.24, 2.45) is 0 Å². The Bertz CT molecular complexity index is 634. The summed E-state index contributed by atoms with van der Waals surface area (Å²) in [5, 5.41) is 8.39. The molecule has 2 N–H and O–H groups in total. The van der Waals surface area contributed by atoms with E-state index in [0.29, 0.717) is 6.54 Å². The molecule has 0 spiro atoms. The summed E-state index contributed by atoms with van der Waals surface area (Å²) in [7, 11) is 0. The van der Waals surface area contributed by atoms with Gasteiger partial charge in [0.25, 0.3) is 0 Å². The highest BCUT2D eigenvalue weighted by Gasteiger charge is 2.29. The minimum absolute atomic E-state index is 0.0741. The van der Waals surface area contributed by atoms with E-state index in [-0.39, 0.29) is 11.9 Å². The van der Waals surface area contributed by atoms with Gasteiger partial charge in [-0.05, 0) is 19.9 Å². The molecule has 0 bridgehead atoms. The van der Waals surface area contributed by atoms with Gasteiger partial charge in [0.05, 0.1) is 5.69 Å². The quantitative estimate of drug-likeness (QED) is 0.816. The Morgan fingerprint density at radius 1 is 1.57 bits per heavy atom. The number of aromatic nitrogens is 2. The van der Waals surface area contributed by atoms with Crippen molar-refractivity contribution in [1.82, 2.24) is 20.0 Å². The molecule has 1 unspecified atom stereocenters. The van der Waals surface area contributed by atoms with E-state index in [0.717, 1.165) is 42.5 Å². The fourth-order valence-electron chi connectivity index (χ4n) is 2.67. The number of thiazole rings is 1. The Morgan fingerprint density at radius 2 is 2.43 bits per heavy atom. The molecule has 1 amide bonds. The Morgan fingerprint density at radius 3 is 3.24 bits per heavy atom. The van der Waals surface area contributed by atoms with Crippen molar-refractivity contribution in [3.05, 3.63) is 17.3 Å². The topological polar surface area (TPSA) is 61.7 Å². The zero-order valence-electron chi connectivity index (χ0n) is 12.4. The minimum atomic E-state index is -0.173. The van der Waals surface area contributed by atoms with Crippen LogP contribution in [0.3, 0.4) is 0 Å². The van der Waals surface area contributed by atoms with Crippen LogP contribution in [-0.2, 0) is 11.3 Å². The first-order chi connectivity index (χ1) is 10.2. The average Bonchev–Trinajstić information content (AvgIpc) is 3.04. The fraction of sp³-hybridized carbons (Fsp3) is 0.571. The lowest BCUT2D eigenvalue weighted by Crippen LogP contribution is -2.54. The van der Waals surface area contributed by atoms with E-state index in [1.165, 1.54) is 0 Å². The lowest BCUT2D eigenvalue weighted by molar-refractivity contribution is -0.122. The maximum Gasteiger partial charge on any atom is 0.242 e. The summed E-state index contributed by atoms with van der Waals surface area (Å²) in [4.78, 5) is 19.7. The summed E-state index contributed by atoms with van der Waals surface area (Å²) < 4.78 is 2.13. The third-order valence-corrected chi connectivity index (χ3v) is 4.59. The van der Waals surface area contributed by atoms with E-state index in [4.69, 9.17) is 4.98 Å². The Kier molecular flexibility index (Phi) is 4.12. The summed E-state index contributed by atoms with van der Waals surface area (Å²) in [6.45, 7) is 7.32. The molecule has 1 atom stereocenters. The predicted octanol–water partition coefficient (Wildman–Crippen LogP) is 1.22. The number of piperazine rings is 1. The number of hydrogen-bond acceptors (Lipinski definition) is 5. The van der Waals surface area contributed by atoms with Gasteiger partial charge in [0.2, 0.25) is 5.91 Å².